The first kappa shape index (κ1) is 61.8. The summed E-state index contributed by atoms with van der Waals surface area (Å²) in [5.41, 5.74) is 3.53. The number of anilines is 9. The average molecular weight is 1140 g/mol. The van der Waals surface area contributed by atoms with E-state index in [4.69, 9.17) is 14.2 Å². The number of amides is 9. The number of carbonyl (C=O) groups is 6. The van der Waals surface area contributed by atoms with Gasteiger partial charge in [-0.25, -0.2) is 14.4 Å². The molecular formula is C66H75N9O9. The summed E-state index contributed by atoms with van der Waals surface area (Å²) in [5.74, 6) is 0.106. The Bertz CT molecular complexity index is 2920. The molecule has 7 aromatic rings. The fourth-order valence-electron chi connectivity index (χ4n) is 8.60. The second-order valence-electron chi connectivity index (χ2n) is 19.9. The van der Waals surface area contributed by atoms with Crippen LogP contribution in [0.15, 0.2) is 164 Å². The van der Waals surface area contributed by atoms with Crippen LogP contribution in [0.4, 0.5) is 65.6 Å². The van der Waals surface area contributed by atoms with E-state index in [1.807, 2.05) is 0 Å². The molecule has 0 bridgehead atoms. The Labute approximate surface area is 491 Å². The van der Waals surface area contributed by atoms with E-state index in [0.29, 0.717) is 88.3 Å². The van der Waals surface area contributed by atoms with Crippen LogP contribution >= 0.6 is 0 Å². The Balaban J connectivity index is 1.02. The van der Waals surface area contributed by atoms with Crippen LogP contribution < -0.4 is 62.1 Å². The molecule has 9 N–H and O–H groups in total. The summed E-state index contributed by atoms with van der Waals surface area (Å²) in [6.07, 6.45) is 13.1. The fraction of sp³-hybridized carbons (Fsp3) is 0.273. The van der Waals surface area contributed by atoms with Crippen LogP contribution in [-0.4, -0.2) is 55.6 Å². The van der Waals surface area contributed by atoms with Gasteiger partial charge in [-0.05, 0) is 165 Å². The average Bonchev–Trinajstić information content (AvgIpc) is 3.68. The lowest BCUT2D eigenvalue weighted by Crippen LogP contribution is -2.21. The van der Waals surface area contributed by atoms with Crippen molar-refractivity contribution in [1.29, 1.82) is 0 Å². The van der Waals surface area contributed by atoms with E-state index in [9.17, 15) is 28.8 Å². The predicted molar refractivity (Wildman–Crippen MR) is 336 cm³/mol. The molecule has 0 aliphatic heterocycles. The van der Waals surface area contributed by atoms with Gasteiger partial charge in [0.05, 0.1) is 19.8 Å². The lowest BCUT2D eigenvalue weighted by atomic mass is 10.0. The minimum absolute atomic E-state index is 0.0467. The highest BCUT2D eigenvalue weighted by molar-refractivity contribution is 6.13. The molecule has 84 heavy (non-hydrogen) atoms. The van der Waals surface area contributed by atoms with Crippen LogP contribution in [0.5, 0.6) is 17.2 Å². The molecule has 18 heteroatoms. The van der Waals surface area contributed by atoms with E-state index >= 15 is 0 Å². The Morgan fingerprint density at radius 3 is 0.762 bits per heavy atom. The molecule has 0 saturated carbocycles. The Morgan fingerprint density at radius 1 is 0.274 bits per heavy atom. The summed E-state index contributed by atoms with van der Waals surface area (Å²) >= 11 is 0. The van der Waals surface area contributed by atoms with Gasteiger partial charge in [0.1, 0.15) is 17.2 Å². The highest BCUT2D eigenvalue weighted by atomic mass is 16.5. The zero-order valence-electron chi connectivity index (χ0n) is 47.9. The minimum Gasteiger partial charge on any atom is -0.494 e. The molecule has 0 heterocycles. The van der Waals surface area contributed by atoms with Crippen LogP contribution in [0.3, 0.4) is 0 Å². The summed E-state index contributed by atoms with van der Waals surface area (Å²) in [6.45, 7) is 8.33. The molecule has 0 fully saturated rings. The zero-order chi connectivity index (χ0) is 59.3. The first-order valence-electron chi connectivity index (χ1n) is 28.7. The maximum atomic E-state index is 14.1. The Morgan fingerprint density at radius 2 is 0.512 bits per heavy atom. The molecule has 7 rings (SSSR count). The predicted octanol–water partition coefficient (Wildman–Crippen LogP) is 16.3. The minimum atomic E-state index is -0.670. The van der Waals surface area contributed by atoms with Crippen molar-refractivity contribution in [1.82, 2.24) is 0 Å². The number of carbonyl (C=O) groups excluding carboxylic acids is 6. The van der Waals surface area contributed by atoms with Gasteiger partial charge in [-0.3, -0.25) is 14.4 Å². The van der Waals surface area contributed by atoms with Crippen molar-refractivity contribution in [3.63, 3.8) is 0 Å². The van der Waals surface area contributed by atoms with Gasteiger partial charge < -0.3 is 62.1 Å². The lowest BCUT2D eigenvalue weighted by Gasteiger charge is -2.14. The number of nitrogens with one attached hydrogen (secondary N) is 9. The summed E-state index contributed by atoms with van der Waals surface area (Å²) in [5, 5.41) is 25.2. The van der Waals surface area contributed by atoms with Gasteiger partial charge in [0.2, 0.25) is 0 Å². The van der Waals surface area contributed by atoms with Crippen LogP contribution in [0.25, 0.3) is 0 Å². The van der Waals surface area contributed by atoms with Crippen LogP contribution in [0.2, 0.25) is 0 Å². The zero-order valence-corrected chi connectivity index (χ0v) is 47.9. The van der Waals surface area contributed by atoms with Crippen LogP contribution in [-0.2, 0) is 0 Å². The van der Waals surface area contributed by atoms with Gasteiger partial charge in [0.25, 0.3) is 17.7 Å². The van der Waals surface area contributed by atoms with E-state index in [2.05, 4.69) is 68.6 Å². The number of ether oxygens (including phenoxy) is 3. The van der Waals surface area contributed by atoms with Crippen LogP contribution in [0, 0.1) is 0 Å². The van der Waals surface area contributed by atoms with E-state index in [-0.39, 0.29) is 16.7 Å². The van der Waals surface area contributed by atoms with Crippen molar-refractivity contribution in [2.45, 2.75) is 97.8 Å². The van der Waals surface area contributed by atoms with E-state index < -0.39 is 35.8 Å². The van der Waals surface area contributed by atoms with Crippen molar-refractivity contribution in [2.24, 2.45) is 0 Å². The van der Waals surface area contributed by atoms with E-state index in [0.717, 1.165) is 77.0 Å². The molecule has 7 aromatic carbocycles. The monoisotopic (exact) mass is 1140 g/mol. The number of unbranched alkanes of at least 4 members (excludes halogenated alkanes) is 9. The molecule has 0 radical (unpaired) electrons. The quantitative estimate of drug-likeness (QED) is 0.0194. The van der Waals surface area contributed by atoms with Gasteiger partial charge in [-0.2, -0.15) is 0 Å². The molecule has 0 aliphatic rings. The van der Waals surface area contributed by atoms with Crippen molar-refractivity contribution >= 4 is 87.0 Å². The molecule has 9 amide bonds. The third-order valence-corrected chi connectivity index (χ3v) is 13.0. The number of urea groups is 3. The van der Waals surface area contributed by atoms with Gasteiger partial charge >= 0.3 is 18.1 Å². The highest BCUT2D eigenvalue weighted by Crippen LogP contribution is 2.25. The Hall–Kier alpha value is -9.84. The van der Waals surface area contributed by atoms with Gasteiger partial charge in [0, 0.05) is 67.9 Å². The van der Waals surface area contributed by atoms with Crippen molar-refractivity contribution in [3.8, 4) is 17.2 Å². The smallest absolute Gasteiger partial charge is 0.323 e. The molecule has 0 spiro atoms. The largest absolute Gasteiger partial charge is 0.494 e. The van der Waals surface area contributed by atoms with Crippen LogP contribution in [0.1, 0.15) is 129 Å². The van der Waals surface area contributed by atoms with Crippen molar-refractivity contribution in [3.05, 3.63) is 180 Å². The van der Waals surface area contributed by atoms with Crippen molar-refractivity contribution in [2.75, 3.05) is 67.7 Å². The van der Waals surface area contributed by atoms with E-state index in [1.165, 1.54) is 18.2 Å². The molecule has 438 valence electrons. The lowest BCUT2D eigenvalue weighted by molar-refractivity contribution is 0.102. The number of rotatable bonds is 30. The number of benzene rings is 7. The summed E-state index contributed by atoms with van der Waals surface area (Å²) in [7, 11) is 0. The van der Waals surface area contributed by atoms with Gasteiger partial charge in [-0.1, -0.05) is 96.8 Å². The molecule has 0 saturated heterocycles. The molecule has 0 aromatic heterocycles. The third-order valence-electron chi connectivity index (χ3n) is 13.0. The second-order valence-corrected chi connectivity index (χ2v) is 19.9. The molecule has 0 atom stereocenters. The summed E-state index contributed by atoms with van der Waals surface area (Å²) in [6, 6.07) is 43.1. The molecule has 18 nitrogen and oxygen atoms in total. The topological polar surface area (TPSA) is 238 Å². The SMILES string of the molecule is CCCCCCOc1ccc(NC(=O)Nc2cccc(NC(=O)c3cc(C(=O)Nc4cccc(NC(=O)Nc5ccc(OCCCCCC)cc5)c4)cc(C(=O)Nc4cccc(NC(=O)Nc5ccc(OCCCCCC)cc5)c4)c3)c2)cc1. The summed E-state index contributed by atoms with van der Waals surface area (Å²) < 4.78 is 17.5. The highest BCUT2D eigenvalue weighted by Gasteiger charge is 2.19. The van der Waals surface area contributed by atoms with E-state index in [1.54, 1.807) is 146 Å². The standard InChI is InChI=1S/C66H75N9O9/c1-4-7-10-13-37-82-58-31-25-49(26-32-58)70-64(79)73-55-22-16-19-52(43-55)67-61(76)46-40-47(62(77)68-53-20-17-23-56(44-53)74-65(80)71-50-27-33-59(34-28-50)83-38-14-11-8-5-2)42-48(41-46)63(78)69-54-21-18-24-57(45-54)75-66(81)72-51-29-35-60(36-30-51)84-39-15-12-9-6-3/h16-36,40-45H,4-15,37-39H2,1-3H3,(H,67,76)(H,68,77)(H,69,78)(H2,70,73,79)(H2,71,74,80)(H2,72,75,81). The maximum absolute atomic E-state index is 14.1. The fourth-order valence-corrected chi connectivity index (χ4v) is 8.60. The second kappa shape index (κ2) is 33.2. The van der Waals surface area contributed by atoms with Gasteiger partial charge in [-0.15, -0.1) is 0 Å². The Kier molecular flexibility index (Phi) is 24.4. The third kappa shape index (κ3) is 21.2. The molecule has 0 unspecified atom stereocenters. The first-order chi connectivity index (χ1) is 40.9. The van der Waals surface area contributed by atoms with Gasteiger partial charge in [0.15, 0.2) is 0 Å². The molecule has 0 aliphatic carbocycles. The van der Waals surface area contributed by atoms with Crippen molar-refractivity contribution < 1.29 is 43.0 Å². The summed E-state index contributed by atoms with van der Waals surface area (Å²) in [4.78, 5) is 81.6. The molecular weight excluding hydrogens is 1060 g/mol. The number of hydrogen-bond acceptors (Lipinski definition) is 9. The maximum Gasteiger partial charge on any atom is 0.323 e. The first-order valence-corrected chi connectivity index (χ1v) is 28.7. The number of hydrogen-bond donors (Lipinski definition) is 9. The normalized spacial score (nSPS) is 10.6.